The number of nitrogens with zero attached hydrogens (tertiary/aromatic N) is 3. The van der Waals surface area contributed by atoms with Gasteiger partial charge in [-0.1, -0.05) is 13.3 Å². The maximum Gasteiger partial charge on any atom is 0.337 e. The number of anilines is 1. The number of nitrogen functional groups attached to an aromatic ring is 1. The highest BCUT2D eigenvalue weighted by Crippen LogP contribution is 2.28. The Hall–Kier alpha value is -2.89. The summed E-state index contributed by atoms with van der Waals surface area (Å²) in [5.74, 6) is 0.840. The fraction of sp³-hybridized carbons (Fsp3) is 0.278. The van der Waals surface area contributed by atoms with Gasteiger partial charge in [0.1, 0.15) is 11.6 Å². The normalized spacial score (nSPS) is 10.9. The van der Waals surface area contributed by atoms with Crippen molar-refractivity contribution in [2.45, 2.75) is 26.3 Å². The van der Waals surface area contributed by atoms with Crippen molar-refractivity contribution in [2.75, 3.05) is 12.8 Å². The van der Waals surface area contributed by atoms with Gasteiger partial charge in [0.15, 0.2) is 0 Å². The molecule has 2 aromatic heterocycles. The van der Waals surface area contributed by atoms with Crippen molar-refractivity contribution in [2.24, 2.45) is 0 Å². The molecule has 124 valence electrons. The standard InChI is InChI=1S/C18H20N4O2/c1-3-4-10-22-15-8-7-12(18(23)24-2)11-14(15)21-17(22)13-6-5-9-20-16(13)19/h5-9,11H,3-4,10H2,1-2H3,(H2,19,20). The van der Waals surface area contributed by atoms with Gasteiger partial charge in [-0.3, -0.25) is 0 Å². The van der Waals surface area contributed by atoms with E-state index in [1.807, 2.05) is 18.2 Å². The van der Waals surface area contributed by atoms with E-state index in [0.717, 1.165) is 41.8 Å². The molecule has 0 fully saturated rings. The molecule has 2 heterocycles. The fourth-order valence-corrected chi connectivity index (χ4v) is 2.73. The molecule has 24 heavy (non-hydrogen) atoms. The number of methoxy groups -OCH3 is 1. The van der Waals surface area contributed by atoms with Crippen LogP contribution in [0.15, 0.2) is 36.5 Å². The Morgan fingerprint density at radius 2 is 2.17 bits per heavy atom. The second-order valence-electron chi connectivity index (χ2n) is 5.57. The number of hydrogen-bond acceptors (Lipinski definition) is 5. The summed E-state index contributed by atoms with van der Waals surface area (Å²) in [7, 11) is 1.37. The summed E-state index contributed by atoms with van der Waals surface area (Å²) < 4.78 is 6.92. The lowest BCUT2D eigenvalue weighted by atomic mass is 10.2. The number of hydrogen-bond donors (Lipinski definition) is 1. The monoisotopic (exact) mass is 324 g/mol. The fourth-order valence-electron chi connectivity index (χ4n) is 2.73. The van der Waals surface area contributed by atoms with E-state index >= 15 is 0 Å². The highest BCUT2D eigenvalue weighted by molar-refractivity contribution is 5.94. The van der Waals surface area contributed by atoms with Crippen LogP contribution in [-0.2, 0) is 11.3 Å². The molecule has 0 saturated carbocycles. The van der Waals surface area contributed by atoms with E-state index in [4.69, 9.17) is 15.5 Å². The first-order valence-corrected chi connectivity index (χ1v) is 7.95. The average Bonchev–Trinajstić information content (AvgIpc) is 2.97. The predicted molar refractivity (Wildman–Crippen MR) is 93.6 cm³/mol. The van der Waals surface area contributed by atoms with E-state index < -0.39 is 0 Å². The lowest BCUT2D eigenvalue weighted by molar-refractivity contribution is 0.0601. The maximum absolute atomic E-state index is 11.8. The summed E-state index contributed by atoms with van der Waals surface area (Å²) in [5.41, 5.74) is 9.02. The molecule has 0 spiro atoms. The largest absolute Gasteiger partial charge is 0.465 e. The first-order chi connectivity index (χ1) is 11.7. The van der Waals surface area contributed by atoms with Crippen LogP contribution in [0.25, 0.3) is 22.4 Å². The molecule has 0 atom stereocenters. The Labute approximate surface area is 140 Å². The molecule has 6 nitrogen and oxygen atoms in total. The number of imidazole rings is 1. The minimum absolute atomic E-state index is 0.373. The number of nitrogens with two attached hydrogens (primary N) is 1. The van der Waals surface area contributed by atoms with Crippen molar-refractivity contribution in [1.29, 1.82) is 0 Å². The second-order valence-corrected chi connectivity index (χ2v) is 5.57. The van der Waals surface area contributed by atoms with E-state index in [1.54, 1.807) is 18.3 Å². The lowest BCUT2D eigenvalue weighted by Gasteiger charge is -2.09. The number of carbonyl (C=O) groups excluding carboxylic acids is 1. The number of carbonyl (C=O) groups is 1. The molecule has 0 aliphatic rings. The second kappa shape index (κ2) is 6.70. The smallest absolute Gasteiger partial charge is 0.337 e. The molecule has 0 bridgehead atoms. The number of benzene rings is 1. The van der Waals surface area contributed by atoms with Crippen LogP contribution < -0.4 is 5.73 Å². The average molecular weight is 324 g/mol. The number of ether oxygens (including phenoxy) is 1. The van der Waals surface area contributed by atoms with Crippen LogP contribution in [0.3, 0.4) is 0 Å². The summed E-state index contributed by atoms with van der Waals surface area (Å²) in [6, 6.07) is 9.16. The minimum Gasteiger partial charge on any atom is -0.465 e. The molecule has 0 unspecified atom stereocenters. The van der Waals surface area contributed by atoms with Gasteiger partial charge < -0.3 is 15.0 Å². The summed E-state index contributed by atoms with van der Waals surface area (Å²) in [6.45, 7) is 2.97. The summed E-state index contributed by atoms with van der Waals surface area (Å²) in [4.78, 5) is 20.6. The first kappa shape index (κ1) is 16.0. The third-order valence-electron chi connectivity index (χ3n) is 3.98. The number of aromatic nitrogens is 3. The number of rotatable bonds is 5. The molecule has 3 rings (SSSR count). The van der Waals surface area contributed by atoms with Crippen LogP contribution in [0.1, 0.15) is 30.1 Å². The van der Waals surface area contributed by atoms with Gasteiger partial charge >= 0.3 is 5.97 Å². The van der Waals surface area contributed by atoms with E-state index in [-0.39, 0.29) is 5.97 Å². The van der Waals surface area contributed by atoms with Crippen molar-refractivity contribution in [1.82, 2.24) is 14.5 Å². The zero-order valence-corrected chi connectivity index (χ0v) is 13.8. The van der Waals surface area contributed by atoms with Crippen molar-refractivity contribution in [3.05, 3.63) is 42.1 Å². The number of aryl methyl sites for hydroxylation is 1. The number of unbranched alkanes of at least 4 members (excludes halogenated alkanes) is 1. The van der Waals surface area contributed by atoms with Gasteiger partial charge in [0, 0.05) is 12.7 Å². The molecule has 1 aromatic carbocycles. The molecule has 0 saturated heterocycles. The van der Waals surface area contributed by atoms with Crippen molar-refractivity contribution < 1.29 is 9.53 Å². The van der Waals surface area contributed by atoms with Crippen molar-refractivity contribution in [3.63, 3.8) is 0 Å². The van der Waals surface area contributed by atoms with Crippen LogP contribution in [0.2, 0.25) is 0 Å². The topological polar surface area (TPSA) is 83.0 Å². The molecule has 0 radical (unpaired) electrons. The van der Waals surface area contributed by atoms with Gasteiger partial charge in [0.25, 0.3) is 0 Å². The Bertz CT molecular complexity index is 886. The summed E-state index contributed by atoms with van der Waals surface area (Å²) in [5, 5.41) is 0. The zero-order chi connectivity index (χ0) is 17.1. The number of fused-ring (bicyclic) bond motifs is 1. The molecule has 0 amide bonds. The summed E-state index contributed by atoms with van der Waals surface area (Å²) >= 11 is 0. The van der Waals surface area contributed by atoms with E-state index in [9.17, 15) is 4.79 Å². The molecule has 2 N–H and O–H groups in total. The molecular formula is C18H20N4O2. The van der Waals surface area contributed by atoms with Gasteiger partial charge in [-0.05, 0) is 36.8 Å². The highest BCUT2D eigenvalue weighted by atomic mass is 16.5. The first-order valence-electron chi connectivity index (χ1n) is 7.95. The highest BCUT2D eigenvalue weighted by Gasteiger charge is 2.16. The van der Waals surface area contributed by atoms with E-state index in [0.29, 0.717) is 11.4 Å². The lowest BCUT2D eigenvalue weighted by Crippen LogP contribution is -2.03. The predicted octanol–water partition coefficient (Wildman–Crippen LogP) is 3.27. The Morgan fingerprint density at radius 3 is 2.88 bits per heavy atom. The van der Waals surface area contributed by atoms with Crippen LogP contribution >= 0.6 is 0 Å². The molecule has 0 aliphatic heterocycles. The number of pyridine rings is 1. The van der Waals surface area contributed by atoms with E-state index in [2.05, 4.69) is 16.5 Å². The summed E-state index contributed by atoms with van der Waals surface area (Å²) in [6.07, 6.45) is 3.76. The van der Waals surface area contributed by atoms with Crippen LogP contribution in [0.5, 0.6) is 0 Å². The quantitative estimate of drug-likeness (QED) is 0.728. The Kier molecular flexibility index (Phi) is 4.46. The third kappa shape index (κ3) is 2.82. The van der Waals surface area contributed by atoms with Crippen molar-refractivity contribution in [3.8, 4) is 11.4 Å². The maximum atomic E-state index is 11.8. The third-order valence-corrected chi connectivity index (χ3v) is 3.98. The van der Waals surface area contributed by atoms with Crippen LogP contribution in [0.4, 0.5) is 5.82 Å². The van der Waals surface area contributed by atoms with Gasteiger partial charge in [0.05, 0.1) is 29.3 Å². The van der Waals surface area contributed by atoms with Crippen molar-refractivity contribution >= 4 is 22.8 Å². The van der Waals surface area contributed by atoms with Gasteiger partial charge in [-0.2, -0.15) is 0 Å². The van der Waals surface area contributed by atoms with Gasteiger partial charge in [-0.25, -0.2) is 14.8 Å². The van der Waals surface area contributed by atoms with E-state index in [1.165, 1.54) is 7.11 Å². The minimum atomic E-state index is -0.373. The Morgan fingerprint density at radius 1 is 1.33 bits per heavy atom. The van der Waals surface area contributed by atoms with Gasteiger partial charge in [0.2, 0.25) is 0 Å². The SMILES string of the molecule is CCCCn1c(-c2cccnc2N)nc2cc(C(=O)OC)ccc21. The zero-order valence-electron chi connectivity index (χ0n) is 13.8. The van der Waals surface area contributed by atoms with Crippen LogP contribution in [0, 0.1) is 0 Å². The Balaban J connectivity index is 2.19. The van der Waals surface area contributed by atoms with Crippen LogP contribution in [-0.4, -0.2) is 27.6 Å². The molecule has 3 aromatic rings. The van der Waals surface area contributed by atoms with Gasteiger partial charge in [-0.15, -0.1) is 0 Å². The molecule has 0 aliphatic carbocycles. The molecule has 6 heteroatoms. The number of esters is 1. The molecular weight excluding hydrogens is 304 g/mol.